The Morgan fingerprint density at radius 2 is 1.72 bits per heavy atom. The molecule has 0 saturated carbocycles. The first-order chi connectivity index (χ1) is 17.0. The van der Waals surface area contributed by atoms with E-state index < -0.39 is 15.8 Å². The van der Waals surface area contributed by atoms with E-state index in [2.05, 4.69) is 75.4 Å². The second-order valence-electron chi connectivity index (χ2n) is 9.39. The van der Waals surface area contributed by atoms with Gasteiger partial charge in [-0.05, 0) is 64.9 Å². The second-order valence-corrected chi connectivity index (χ2v) is 13.0. The van der Waals surface area contributed by atoms with Crippen molar-refractivity contribution in [2.75, 3.05) is 32.2 Å². The van der Waals surface area contributed by atoms with E-state index in [1.807, 2.05) is 43.3 Å². The lowest BCUT2D eigenvalue weighted by molar-refractivity contribution is 0.0542. The van der Waals surface area contributed by atoms with E-state index in [1.165, 1.54) is 0 Å². The van der Waals surface area contributed by atoms with E-state index in [4.69, 9.17) is 21.1 Å². The molecule has 0 amide bonds. The van der Waals surface area contributed by atoms with Crippen molar-refractivity contribution in [3.8, 4) is 11.5 Å². The van der Waals surface area contributed by atoms with Gasteiger partial charge in [0.05, 0.1) is 22.6 Å². The first kappa shape index (κ1) is 29.6. The Balaban J connectivity index is 1.58. The van der Waals surface area contributed by atoms with Gasteiger partial charge < -0.3 is 24.8 Å². The molecule has 11 heteroatoms. The number of hydrogen-bond donors (Lipinski definition) is 3. The Hall–Kier alpha value is -0.930. The van der Waals surface area contributed by atoms with Gasteiger partial charge >= 0.3 is 0 Å². The topological polar surface area (TPSA) is 107 Å². The van der Waals surface area contributed by atoms with Crippen molar-refractivity contribution in [3.63, 3.8) is 0 Å². The van der Waals surface area contributed by atoms with Crippen molar-refractivity contribution in [2.45, 2.75) is 48.0 Å². The highest BCUT2D eigenvalue weighted by Gasteiger charge is 2.42. The van der Waals surface area contributed by atoms with Crippen molar-refractivity contribution < 1.29 is 24.8 Å². The molecule has 0 aliphatic carbocycles. The number of alkyl halides is 2. The summed E-state index contributed by atoms with van der Waals surface area (Å²) in [6, 6.07) is 13.6. The van der Waals surface area contributed by atoms with Crippen LogP contribution in [-0.4, -0.2) is 74.4 Å². The van der Waals surface area contributed by atoms with Crippen molar-refractivity contribution in [1.29, 1.82) is 0 Å². The molecule has 0 radical (unpaired) electrons. The highest BCUT2D eigenvalue weighted by atomic mass is 127. The van der Waals surface area contributed by atoms with Gasteiger partial charge in [-0.2, -0.15) is 5.11 Å². The summed E-state index contributed by atoms with van der Waals surface area (Å²) < 4.78 is 12.0. The maximum absolute atomic E-state index is 10.5. The van der Waals surface area contributed by atoms with Crippen LogP contribution < -0.4 is 9.47 Å². The molecular weight excluding hydrogens is 712 g/mol. The van der Waals surface area contributed by atoms with Crippen molar-refractivity contribution in [2.24, 2.45) is 10.3 Å². The average Bonchev–Trinajstić information content (AvgIpc) is 3.14. The SMILES string of the molecule is CC(C)(c1ccc(OC[C@H](O)CN2N=NC(CO)C2(C)I)cc1)c1ccc(OC[C@@H](O)CCl)c(I)c1. The van der Waals surface area contributed by atoms with Crippen LogP contribution in [0.1, 0.15) is 31.9 Å². The van der Waals surface area contributed by atoms with Gasteiger partial charge in [0, 0.05) is 5.41 Å². The lowest BCUT2D eigenvalue weighted by Crippen LogP contribution is -2.47. The third-order valence-corrected chi connectivity index (χ3v) is 8.72. The molecule has 3 rings (SSSR count). The Bertz CT molecular complexity index is 1040. The van der Waals surface area contributed by atoms with E-state index in [-0.39, 0.29) is 43.7 Å². The Kier molecular flexibility index (Phi) is 10.5. The maximum atomic E-state index is 10.5. The molecule has 0 bridgehead atoms. The number of ether oxygens (including phenoxy) is 2. The molecule has 0 saturated heterocycles. The van der Waals surface area contributed by atoms with Crippen LogP contribution in [0, 0.1) is 3.57 Å². The zero-order valence-corrected chi connectivity index (χ0v) is 25.5. The van der Waals surface area contributed by atoms with E-state index in [0.717, 1.165) is 14.7 Å². The van der Waals surface area contributed by atoms with Crippen LogP contribution in [0.3, 0.4) is 0 Å². The van der Waals surface area contributed by atoms with E-state index in [1.54, 1.807) is 5.01 Å². The number of benzene rings is 2. The summed E-state index contributed by atoms with van der Waals surface area (Å²) in [6.45, 7) is 6.67. The predicted octanol–water partition coefficient (Wildman–Crippen LogP) is 4.53. The Morgan fingerprint density at radius 3 is 2.31 bits per heavy atom. The van der Waals surface area contributed by atoms with E-state index >= 15 is 0 Å². The van der Waals surface area contributed by atoms with Crippen LogP contribution >= 0.6 is 56.8 Å². The van der Waals surface area contributed by atoms with Gasteiger partial charge in [0.15, 0.2) is 0 Å². The molecule has 0 fully saturated rings. The minimum Gasteiger partial charge on any atom is -0.491 e. The van der Waals surface area contributed by atoms with E-state index in [9.17, 15) is 15.3 Å². The van der Waals surface area contributed by atoms with Crippen molar-refractivity contribution >= 4 is 56.8 Å². The van der Waals surface area contributed by atoms with Gasteiger partial charge in [-0.3, -0.25) is 5.01 Å². The summed E-state index contributed by atoms with van der Waals surface area (Å²) in [5, 5.41) is 39.4. The number of nitrogens with zero attached hydrogens (tertiary/aromatic N) is 3. The van der Waals surface area contributed by atoms with Crippen LogP contribution in [0.4, 0.5) is 0 Å². The molecule has 0 spiro atoms. The first-order valence-corrected chi connectivity index (χ1v) is 14.2. The largest absolute Gasteiger partial charge is 0.491 e. The highest BCUT2D eigenvalue weighted by Crippen LogP contribution is 2.36. The molecule has 1 heterocycles. The van der Waals surface area contributed by atoms with E-state index in [0.29, 0.717) is 11.5 Å². The van der Waals surface area contributed by atoms with Gasteiger partial charge in [0.1, 0.15) is 46.5 Å². The number of β-amino-alcohol motifs (C(OH)–C–C–N with tert-alkyl or cyclic N) is 1. The molecule has 1 aliphatic heterocycles. The summed E-state index contributed by atoms with van der Waals surface area (Å²) in [7, 11) is 0. The minimum absolute atomic E-state index is 0.0928. The van der Waals surface area contributed by atoms with Gasteiger partial charge in [-0.25, -0.2) is 0 Å². The molecule has 4 atom stereocenters. The van der Waals surface area contributed by atoms with Crippen LogP contribution in [0.5, 0.6) is 11.5 Å². The highest BCUT2D eigenvalue weighted by molar-refractivity contribution is 14.1. The van der Waals surface area contributed by atoms with Gasteiger partial charge in [-0.1, -0.05) is 59.9 Å². The smallest absolute Gasteiger partial charge is 0.134 e. The number of aliphatic hydroxyl groups is 3. The minimum atomic E-state index is -0.764. The summed E-state index contributed by atoms with van der Waals surface area (Å²) in [6.07, 6.45) is -1.46. The quantitative estimate of drug-likeness (QED) is 0.168. The summed E-state index contributed by atoms with van der Waals surface area (Å²) in [5.41, 5.74) is 1.98. The molecule has 3 N–H and O–H groups in total. The van der Waals surface area contributed by atoms with Crippen molar-refractivity contribution in [1.82, 2.24) is 5.01 Å². The third kappa shape index (κ3) is 7.13. The number of hydrogen-bond acceptors (Lipinski definition) is 8. The molecule has 2 aromatic carbocycles. The zero-order valence-electron chi connectivity index (χ0n) is 20.4. The fourth-order valence-electron chi connectivity index (χ4n) is 3.72. The molecule has 8 nitrogen and oxygen atoms in total. The van der Waals surface area contributed by atoms with Crippen LogP contribution in [0.2, 0.25) is 0 Å². The van der Waals surface area contributed by atoms with Gasteiger partial charge in [0.25, 0.3) is 0 Å². The monoisotopic (exact) mass is 743 g/mol. The van der Waals surface area contributed by atoms with Gasteiger partial charge in [0.2, 0.25) is 0 Å². The second kappa shape index (κ2) is 12.7. The van der Waals surface area contributed by atoms with Crippen LogP contribution in [-0.2, 0) is 5.41 Å². The third-order valence-electron chi connectivity index (χ3n) is 6.25. The van der Waals surface area contributed by atoms with Crippen LogP contribution in [0.15, 0.2) is 52.8 Å². The van der Waals surface area contributed by atoms with Crippen molar-refractivity contribution in [3.05, 3.63) is 57.2 Å². The summed E-state index contributed by atoms with van der Waals surface area (Å²) in [4.78, 5) is 0. The fraction of sp³-hybridized carbons (Fsp3) is 0.520. The molecular formula is C25H32ClI2N3O5. The molecule has 36 heavy (non-hydrogen) atoms. The normalized spacial score (nSPS) is 21.5. The molecule has 2 unspecified atom stereocenters. The standard InChI is InChI=1S/C25H32ClI2N3O5/c1-24(2,17-6-9-22(21(27)10-17)36-14-18(33)11-26)16-4-7-20(8-5-16)35-15-19(34)12-31-25(3,28)23(13-32)29-30-31/h4-10,18-19,23,32-34H,11-15H2,1-3H3/t18-,19+,23?,25?/m0/s1. The first-order valence-electron chi connectivity index (χ1n) is 11.6. The molecule has 198 valence electrons. The fourth-order valence-corrected chi connectivity index (χ4v) is 5.10. The average molecular weight is 744 g/mol. The summed E-state index contributed by atoms with van der Waals surface area (Å²) >= 11 is 10.1. The maximum Gasteiger partial charge on any atom is 0.134 e. The van der Waals surface area contributed by atoms with Gasteiger partial charge in [-0.15, -0.1) is 11.6 Å². The molecule has 0 aromatic heterocycles. The zero-order chi connectivity index (χ0) is 26.5. The Labute approximate surface area is 244 Å². The molecule has 2 aromatic rings. The Morgan fingerprint density at radius 1 is 1.08 bits per heavy atom. The molecule has 1 aliphatic rings. The number of halogens is 3. The lowest BCUT2D eigenvalue weighted by Gasteiger charge is -2.31. The summed E-state index contributed by atoms with van der Waals surface area (Å²) in [5.74, 6) is 1.51. The lowest BCUT2D eigenvalue weighted by atomic mass is 9.78. The predicted molar refractivity (Wildman–Crippen MR) is 156 cm³/mol. The number of rotatable bonds is 12. The van der Waals surface area contributed by atoms with Crippen LogP contribution in [0.25, 0.3) is 0 Å². The number of aliphatic hydroxyl groups excluding tert-OH is 3.